The van der Waals surface area contributed by atoms with Gasteiger partial charge in [-0.25, -0.2) is 4.39 Å². The van der Waals surface area contributed by atoms with Crippen LogP contribution in [0.25, 0.3) is 0 Å². The number of ether oxygens (including phenoxy) is 1. The van der Waals surface area contributed by atoms with E-state index in [0.717, 1.165) is 0 Å². The van der Waals surface area contributed by atoms with Crippen LogP contribution in [0.2, 0.25) is 0 Å². The van der Waals surface area contributed by atoms with Gasteiger partial charge in [-0.1, -0.05) is 18.2 Å². The highest BCUT2D eigenvalue weighted by Crippen LogP contribution is 2.20. The Labute approximate surface area is 134 Å². The number of halogens is 1. The van der Waals surface area contributed by atoms with Gasteiger partial charge < -0.3 is 15.2 Å². The number of nitrogens with one attached hydrogen (secondary N) is 1. The first-order chi connectivity index (χ1) is 10.9. The van der Waals surface area contributed by atoms with Crippen LogP contribution in [0.4, 0.5) is 4.39 Å². The Kier molecular flexibility index (Phi) is 5.34. The number of hydrogen-bond acceptors (Lipinski definition) is 3. The predicted octanol–water partition coefficient (Wildman–Crippen LogP) is 2.86. The summed E-state index contributed by atoms with van der Waals surface area (Å²) in [6.45, 7) is 3.96. The molecule has 0 aliphatic carbocycles. The molecule has 0 spiro atoms. The van der Waals surface area contributed by atoms with Crippen molar-refractivity contribution in [3.8, 4) is 5.75 Å². The topological polar surface area (TPSA) is 58.6 Å². The fourth-order valence-corrected chi connectivity index (χ4v) is 2.16. The number of amides is 1. The second kappa shape index (κ2) is 7.24. The quantitative estimate of drug-likeness (QED) is 0.861. The van der Waals surface area contributed by atoms with Gasteiger partial charge in [0, 0.05) is 5.56 Å². The Morgan fingerprint density at radius 1 is 1.26 bits per heavy atom. The van der Waals surface area contributed by atoms with Crippen LogP contribution in [0.15, 0.2) is 48.5 Å². The molecular formula is C18H20FNO3. The van der Waals surface area contributed by atoms with Gasteiger partial charge in [-0.3, -0.25) is 4.79 Å². The number of benzene rings is 2. The van der Waals surface area contributed by atoms with E-state index in [1.807, 2.05) is 6.92 Å². The highest BCUT2D eigenvalue weighted by molar-refractivity contribution is 5.94. The summed E-state index contributed by atoms with van der Waals surface area (Å²) in [6, 6.07) is 12.4. The van der Waals surface area contributed by atoms with Crippen molar-refractivity contribution in [3.05, 3.63) is 65.5 Å². The summed E-state index contributed by atoms with van der Waals surface area (Å²) in [6.07, 6.45) is 0. The molecule has 0 aromatic heterocycles. The molecule has 0 aliphatic heterocycles. The average molecular weight is 317 g/mol. The lowest BCUT2D eigenvalue weighted by Crippen LogP contribution is -2.38. The fraction of sp³-hybridized carbons (Fsp3) is 0.278. The first kappa shape index (κ1) is 17.0. The van der Waals surface area contributed by atoms with Crippen molar-refractivity contribution in [2.75, 3.05) is 13.2 Å². The smallest absolute Gasteiger partial charge is 0.251 e. The Balaban J connectivity index is 2.03. The largest absolute Gasteiger partial charge is 0.494 e. The average Bonchev–Trinajstić information content (AvgIpc) is 2.54. The second-order valence-corrected chi connectivity index (χ2v) is 5.42. The van der Waals surface area contributed by atoms with Gasteiger partial charge in [0.05, 0.1) is 13.2 Å². The van der Waals surface area contributed by atoms with Crippen molar-refractivity contribution in [2.24, 2.45) is 0 Å². The molecule has 122 valence electrons. The van der Waals surface area contributed by atoms with E-state index >= 15 is 0 Å². The zero-order chi connectivity index (χ0) is 16.9. The number of rotatable bonds is 6. The van der Waals surface area contributed by atoms with Gasteiger partial charge in [-0.2, -0.15) is 0 Å². The summed E-state index contributed by atoms with van der Waals surface area (Å²) >= 11 is 0. The van der Waals surface area contributed by atoms with Crippen molar-refractivity contribution < 1.29 is 19.0 Å². The van der Waals surface area contributed by atoms with Crippen LogP contribution in [-0.4, -0.2) is 24.2 Å². The van der Waals surface area contributed by atoms with Gasteiger partial charge in [0.15, 0.2) is 0 Å². The molecule has 23 heavy (non-hydrogen) atoms. The lowest BCUT2D eigenvalue weighted by Gasteiger charge is -2.24. The van der Waals surface area contributed by atoms with E-state index < -0.39 is 5.60 Å². The SMILES string of the molecule is CCOc1cccc(C(=O)NCC(C)(O)c2ccc(F)cc2)c1. The zero-order valence-corrected chi connectivity index (χ0v) is 13.2. The molecule has 0 saturated heterocycles. The van der Waals surface area contributed by atoms with Crippen molar-refractivity contribution in [1.82, 2.24) is 5.32 Å². The van der Waals surface area contributed by atoms with Crippen molar-refractivity contribution >= 4 is 5.91 Å². The molecule has 4 nitrogen and oxygen atoms in total. The number of aliphatic hydroxyl groups is 1. The molecule has 5 heteroatoms. The Bertz CT molecular complexity index is 668. The molecule has 0 heterocycles. The van der Waals surface area contributed by atoms with Crippen LogP contribution in [-0.2, 0) is 5.60 Å². The minimum atomic E-state index is -1.29. The normalized spacial score (nSPS) is 13.2. The Morgan fingerprint density at radius 3 is 2.61 bits per heavy atom. The molecule has 2 N–H and O–H groups in total. The summed E-state index contributed by atoms with van der Waals surface area (Å²) in [5, 5.41) is 13.1. The van der Waals surface area contributed by atoms with E-state index in [4.69, 9.17) is 4.74 Å². The van der Waals surface area contributed by atoms with E-state index in [-0.39, 0.29) is 18.3 Å². The van der Waals surface area contributed by atoms with E-state index in [0.29, 0.717) is 23.5 Å². The number of hydrogen-bond donors (Lipinski definition) is 2. The molecule has 0 radical (unpaired) electrons. The van der Waals surface area contributed by atoms with E-state index in [2.05, 4.69) is 5.32 Å². The zero-order valence-electron chi connectivity index (χ0n) is 13.2. The molecule has 0 bridgehead atoms. The minimum absolute atomic E-state index is 0.0102. The third-order valence-corrected chi connectivity index (χ3v) is 3.47. The van der Waals surface area contributed by atoms with Crippen molar-refractivity contribution in [1.29, 1.82) is 0 Å². The maximum Gasteiger partial charge on any atom is 0.251 e. The van der Waals surface area contributed by atoms with Crippen molar-refractivity contribution in [2.45, 2.75) is 19.4 Å². The first-order valence-corrected chi connectivity index (χ1v) is 7.42. The summed E-state index contributed by atoms with van der Waals surface area (Å²) in [5.41, 5.74) is -0.311. The van der Waals surface area contributed by atoms with Crippen LogP contribution in [0.1, 0.15) is 29.8 Å². The Hall–Kier alpha value is -2.40. The maximum absolute atomic E-state index is 12.9. The van der Waals surface area contributed by atoms with E-state index in [9.17, 15) is 14.3 Å². The van der Waals surface area contributed by atoms with Crippen LogP contribution in [0, 0.1) is 5.82 Å². The van der Waals surface area contributed by atoms with Crippen LogP contribution in [0.5, 0.6) is 5.75 Å². The Morgan fingerprint density at radius 2 is 1.96 bits per heavy atom. The molecule has 0 fully saturated rings. The maximum atomic E-state index is 12.9. The van der Waals surface area contributed by atoms with Gasteiger partial charge in [0.25, 0.3) is 5.91 Å². The lowest BCUT2D eigenvalue weighted by atomic mass is 9.96. The lowest BCUT2D eigenvalue weighted by molar-refractivity contribution is 0.0526. The number of carbonyl (C=O) groups is 1. The molecule has 0 aliphatic rings. The summed E-state index contributed by atoms with van der Waals surface area (Å²) < 4.78 is 18.3. The van der Waals surface area contributed by atoms with Gasteiger partial charge in [-0.05, 0) is 49.7 Å². The predicted molar refractivity (Wildman–Crippen MR) is 85.9 cm³/mol. The summed E-state index contributed by atoms with van der Waals surface area (Å²) in [4.78, 5) is 12.2. The standard InChI is InChI=1S/C18H20FNO3/c1-3-23-16-6-4-5-13(11-16)17(21)20-12-18(2,22)14-7-9-15(19)10-8-14/h4-11,22H,3,12H2,1-2H3,(H,20,21). The molecule has 2 aromatic carbocycles. The summed E-state index contributed by atoms with van der Waals surface area (Å²) in [7, 11) is 0. The minimum Gasteiger partial charge on any atom is -0.494 e. The van der Waals surface area contributed by atoms with E-state index in [1.54, 1.807) is 31.2 Å². The van der Waals surface area contributed by atoms with E-state index in [1.165, 1.54) is 24.3 Å². The third-order valence-electron chi connectivity index (χ3n) is 3.47. The van der Waals surface area contributed by atoms with Crippen molar-refractivity contribution in [3.63, 3.8) is 0 Å². The molecule has 2 aromatic rings. The van der Waals surface area contributed by atoms with Gasteiger partial charge in [0.1, 0.15) is 17.2 Å². The molecule has 1 amide bonds. The monoisotopic (exact) mass is 317 g/mol. The van der Waals surface area contributed by atoms with Crippen LogP contribution in [0.3, 0.4) is 0 Å². The van der Waals surface area contributed by atoms with Gasteiger partial charge >= 0.3 is 0 Å². The molecule has 0 saturated carbocycles. The number of carbonyl (C=O) groups excluding carboxylic acids is 1. The highest BCUT2D eigenvalue weighted by atomic mass is 19.1. The fourth-order valence-electron chi connectivity index (χ4n) is 2.16. The molecule has 2 rings (SSSR count). The van der Waals surface area contributed by atoms with Gasteiger partial charge in [0.2, 0.25) is 0 Å². The first-order valence-electron chi connectivity index (χ1n) is 7.42. The highest BCUT2D eigenvalue weighted by Gasteiger charge is 2.24. The molecular weight excluding hydrogens is 297 g/mol. The molecule has 1 unspecified atom stereocenters. The summed E-state index contributed by atoms with van der Waals surface area (Å²) in [5.74, 6) is -0.0688. The van der Waals surface area contributed by atoms with Crippen LogP contribution >= 0.6 is 0 Å². The third kappa shape index (κ3) is 4.53. The van der Waals surface area contributed by atoms with Gasteiger partial charge in [-0.15, -0.1) is 0 Å². The molecule has 1 atom stereocenters. The van der Waals surface area contributed by atoms with Crippen LogP contribution < -0.4 is 10.1 Å². The second-order valence-electron chi connectivity index (χ2n) is 5.42.